The molecule has 3 aromatic rings. The number of ether oxygens (including phenoxy) is 2. The van der Waals surface area contributed by atoms with Crippen LogP contribution in [0.4, 0.5) is 0 Å². The molecule has 0 saturated heterocycles. The Bertz CT molecular complexity index is 1150. The van der Waals surface area contributed by atoms with E-state index in [0.717, 1.165) is 5.75 Å². The van der Waals surface area contributed by atoms with E-state index in [1.165, 1.54) is 4.57 Å². The van der Waals surface area contributed by atoms with Crippen LogP contribution in [-0.2, 0) is 6.54 Å². The summed E-state index contributed by atoms with van der Waals surface area (Å²) in [7, 11) is 1.60. The zero-order valence-electron chi connectivity index (χ0n) is 15.9. The predicted molar refractivity (Wildman–Crippen MR) is 114 cm³/mol. The molecule has 1 aromatic heterocycles. The number of hydrogen-bond acceptors (Lipinski definition) is 5. The number of amides is 1. The standard InChI is InChI=1S/C21H21N3O4S/c1-3-11-24-20(26)17-9-4-14(13-18(17)23-21(24)29)19(25)22-10-12-28-16-7-5-15(27-2)6-8-16/h3-9,13H,1,10-12H2,2H3,(H,22,25)(H,23,29). The van der Waals surface area contributed by atoms with Crippen LogP contribution in [0.25, 0.3) is 10.9 Å². The molecule has 2 N–H and O–H groups in total. The van der Waals surface area contributed by atoms with E-state index in [0.29, 0.717) is 41.9 Å². The summed E-state index contributed by atoms with van der Waals surface area (Å²) in [6.07, 6.45) is 1.60. The number of aromatic nitrogens is 2. The second-order valence-corrected chi connectivity index (χ2v) is 6.56. The molecule has 8 heteroatoms. The van der Waals surface area contributed by atoms with Crippen molar-refractivity contribution in [3.63, 3.8) is 0 Å². The number of rotatable bonds is 8. The summed E-state index contributed by atoms with van der Waals surface area (Å²) in [5.74, 6) is 1.17. The zero-order valence-corrected chi connectivity index (χ0v) is 16.8. The third-order valence-corrected chi connectivity index (χ3v) is 4.59. The molecular weight excluding hydrogens is 390 g/mol. The van der Waals surface area contributed by atoms with Gasteiger partial charge in [-0.15, -0.1) is 6.58 Å². The first-order valence-electron chi connectivity index (χ1n) is 8.96. The lowest BCUT2D eigenvalue weighted by Gasteiger charge is -2.09. The second kappa shape index (κ2) is 9.20. The van der Waals surface area contributed by atoms with Gasteiger partial charge in [-0.05, 0) is 54.7 Å². The Balaban J connectivity index is 1.64. The smallest absolute Gasteiger partial charge is 0.262 e. The molecule has 0 aliphatic heterocycles. The molecule has 7 nitrogen and oxygen atoms in total. The molecule has 0 bridgehead atoms. The van der Waals surface area contributed by atoms with Crippen molar-refractivity contribution >= 4 is 29.0 Å². The maximum Gasteiger partial charge on any atom is 0.262 e. The maximum absolute atomic E-state index is 12.5. The van der Waals surface area contributed by atoms with Crippen LogP contribution in [0, 0.1) is 4.77 Å². The van der Waals surface area contributed by atoms with E-state index in [-0.39, 0.29) is 16.2 Å². The molecule has 0 aliphatic rings. The number of methoxy groups -OCH3 is 1. The molecule has 1 heterocycles. The topological polar surface area (TPSA) is 85.3 Å². The number of hydrogen-bond donors (Lipinski definition) is 2. The SMILES string of the molecule is C=CCn1c(=S)[nH]c2cc(C(=O)NCCOc3ccc(OC)cc3)ccc2c1=O. The number of aromatic amines is 1. The Morgan fingerprint density at radius 2 is 1.97 bits per heavy atom. The lowest BCUT2D eigenvalue weighted by Crippen LogP contribution is -2.28. The fourth-order valence-corrected chi connectivity index (χ4v) is 3.07. The van der Waals surface area contributed by atoms with Crippen molar-refractivity contribution in [2.24, 2.45) is 0 Å². The minimum Gasteiger partial charge on any atom is -0.497 e. The number of carbonyl (C=O) groups excluding carboxylic acids is 1. The summed E-state index contributed by atoms with van der Waals surface area (Å²) in [4.78, 5) is 27.9. The van der Waals surface area contributed by atoms with E-state index in [1.807, 2.05) is 0 Å². The number of H-pyrrole nitrogens is 1. The van der Waals surface area contributed by atoms with Gasteiger partial charge in [-0.3, -0.25) is 14.2 Å². The molecule has 0 fully saturated rings. The van der Waals surface area contributed by atoms with Crippen LogP contribution in [0.1, 0.15) is 10.4 Å². The number of fused-ring (bicyclic) bond motifs is 1. The third kappa shape index (κ3) is 4.72. The summed E-state index contributed by atoms with van der Waals surface area (Å²) in [5.41, 5.74) is 0.722. The monoisotopic (exact) mass is 411 g/mol. The maximum atomic E-state index is 12.5. The molecule has 0 unspecified atom stereocenters. The number of allylic oxidation sites excluding steroid dienone is 1. The van der Waals surface area contributed by atoms with Gasteiger partial charge >= 0.3 is 0 Å². The Labute approximate surface area is 172 Å². The van der Waals surface area contributed by atoms with Crippen molar-refractivity contribution in [2.75, 3.05) is 20.3 Å². The van der Waals surface area contributed by atoms with Gasteiger partial charge in [0.2, 0.25) is 0 Å². The summed E-state index contributed by atoms with van der Waals surface area (Å²) in [6.45, 7) is 4.60. The molecular formula is C21H21N3O4S. The molecule has 1 amide bonds. The minimum atomic E-state index is -0.264. The van der Waals surface area contributed by atoms with Gasteiger partial charge < -0.3 is 19.8 Å². The van der Waals surface area contributed by atoms with Crippen molar-refractivity contribution in [1.82, 2.24) is 14.9 Å². The number of nitrogens with zero attached hydrogens (tertiary/aromatic N) is 1. The molecule has 0 radical (unpaired) electrons. The Morgan fingerprint density at radius 3 is 2.66 bits per heavy atom. The lowest BCUT2D eigenvalue weighted by molar-refractivity contribution is 0.0947. The van der Waals surface area contributed by atoms with Crippen molar-refractivity contribution < 1.29 is 14.3 Å². The van der Waals surface area contributed by atoms with Gasteiger partial charge in [-0.2, -0.15) is 0 Å². The first kappa shape index (κ1) is 20.3. The van der Waals surface area contributed by atoms with Crippen molar-refractivity contribution in [3.8, 4) is 11.5 Å². The van der Waals surface area contributed by atoms with Gasteiger partial charge in [0.15, 0.2) is 4.77 Å². The van der Waals surface area contributed by atoms with E-state index >= 15 is 0 Å². The summed E-state index contributed by atoms with van der Waals surface area (Å²) < 4.78 is 12.4. The van der Waals surface area contributed by atoms with Crippen LogP contribution in [0.15, 0.2) is 59.9 Å². The van der Waals surface area contributed by atoms with Crippen LogP contribution in [0.2, 0.25) is 0 Å². The van der Waals surface area contributed by atoms with E-state index in [9.17, 15) is 9.59 Å². The normalized spacial score (nSPS) is 10.5. The summed E-state index contributed by atoms with van der Waals surface area (Å²) >= 11 is 5.22. The van der Waals surface area contributed by atoms with E-state index in [1.54, 1.807) is 55.7 Å². The van der Waals surface area contributed by atoms with E-state index in [2.05, 4.69) is 16.9 Å². The van der Waals surface area contributed by atoms with Crippen LogP contribution < -0.4 is 20.3 Å². The highest BCUT2D eigenvalue weighted by atomic mass is 32.1. The molecule has 2 aromatic carbocycles. The molecule has 0 atom stereocenters. The number of benzene rings is 2. The van der Waals surface area contributed by atoms with Gasteiger partial charge in [0.25, 0.3) is 11.5 Å². The van der Waals surface area contributed by atoms with Crippen molar-refractivity contribution in [2.45, 2.75) is 6.54 Å². The predicted octanol–water partition coefficient (Wildman–Crippen LogP) is 3.06. The van der Waals surface area contributed by atoms with Crippen LogP contribution in [-0.4, -0.2) is 35.7 Å². The average Bonchev–Trinajstić information content (AvgIpc) is 2.74. The molecule has 29 heavy (non-hydrogen) atoms. The molecule has 3 rings (SSSR count). The summed E-state index contributed by atoms with van der Waals surface area (Å²) in [5, 5.41) is 3.25. The third-order valence-electron chi connectivity index (χ3n) is 4.27. The highest BCUT2D eigenvalue weighted by molar-refractivity contribution is 7.71. The van der Waals surface area contributed by atoms with Gasteiger partial charge in [0, 0.05) is 12.1 Å². The average molecular weight is 411 g/mol. The molecule has 0 spiro atoms. The molecule has 0 saturated carbocycles. The Hall–Kier alpha value is -3.39. The Kier molecular flexibility index (Phi) is 6.46. The van der Waals surface area contributed by atoms with Gasteiger partial charge in [-0.25, -0.2) is 0 Å². The van der Waals surface area contributed by atoms with Crippen molar-refractivity contribution in [3.05, 3.63) is 75.8 Å². The second-order valence-electron chi connectivity index (χ2n) is 6.17. The molecule has 0 aliphatic carbocycles. The van der Waals surface area contributed by atoms with Gasteiger partial charge in [0.05, 0.1) is 24.6 Å². The number of nitrogens with one attached hydrogen (secondary N) is 2. The molecule has 150 valence electrons. The minimum absolute atomic E-state index is 0.219. The zero-order chi connectivity index (χ0) is 20.8. The summed E-state index contributed by atoms with van der Waals surface area (Å²) in [6, 6.07) is 12.0. The van der Waals surface area contributed by atoms with Gasteiger partial charge in [0.1, 0.15) is 18.1 Å². The van der Waals surface area contributed by atoms with Gasteiger partial charge in [-0.1, -0.05) is 6.08 Å². The first-order chi connectivity index (χ1) is 14.0. The largest absolute Gasteiger partial charge is 0.497 e. The Morgan fingerprint density at radius 1 is 1.24 bits per heavy atom. The fraction of sp³-hybridized carbons (Fsp3) is 0.190. The highest BCUT2D eigenvalue weighted by Gasteiger charge is 2.10. The quantitative estimate of drug-likeness (QED) is 0.338. The highest BCUT2D eigenvalue weighted by Crippen LogP contribution is 2.16. The van der Waals surface area contributed by atoms with E-state index < -0.39 is 0 Å². The fourth-order valence-electron chi connectivity index (χ4n) is 2.80. The van der Waals surface area contributed by atoms with Crippen LogP contribution >= 0.6 is 12.2 Å². The van der Waals surface area contributed by atoms with Crippen LogP contribution in [0.3, 0.4) is 0 Å². The van der Waals surface area contributed by atoms with E-state index in [4.69, 9.17) is 21.7 Å². The van der Waals surface area contributed by atoms with Crippen LogP contribution in [0.5, 0.6) is 11.5 Å². The number of carbonyl (C=O) groups is 1. The van der Waals surface area contributed by atoms with Crippen molar-refractivity contribution in [1.29, 1.82) is 0 Å². The lowest BCUT2D eigenvalue weighted by atomic mass is 10.1. The first-order valence-corrected chi connectivity index (χ1v) is 9.37.